The van der Waals surface area contributed by atoms with Gasteiger partial charge in [0.05, 0.1) is 6.04 Å². The lowest BCUT2D eigenvalue weighted by Crippen LogP contribution is -2.46. The molecule has 1 unspecified atom stereocenters. The third-order valence-electron chi connectivity index (χ3n) is 4.40. The molecular formula is C16H21FN2O. The molecular weight excluding hydrogens is 255 g/mol. The van der Waals surface area contributed by atoms with Crippen LogP contribution in [0.3, 0.4) is 0 Å². The second-order valence-corrected chi connectivity index (χ2v) is 5.81. The topological polar surface area (TPSA) is 32.3 Å². The van der Waals surface area contributed by atoms with Gasteiger partial charge in [-0.3, -0.25) is 4.79 Å². The molecule has 1 N–H and O–H groups in total. The van der Waals surface area contributed by atoms with Crippen molar-refractivity contribution in [2.45, 2.75) is 44.2 Å². The molecule has 2 heterocycles. The summed E-state index contributed by atoms with van der Waals surface area (Å²) in [5.41, 5.74) is 1.11. The van der Waals surface area contributed by atoms with E-state index in [1.54, 1.807) is 0 Å². The Morgan fingerprint density at radius 3 is 2.75 bits per heavy atom. The molecule has 1 aromatic carbocycles. The van der Waals surface area contributed by atoms with E-state index in [1.807, 2.05) is 17.0 Å². The third kappa shape index (κ3) is 2.85. The number of likely N-dealkylation sites (tertiary alicyclic amines) is 1. The fraction of sp³-hybridized carbons (Fsp3) is 0.562. The van der Waals surface area contributed by atoms with Crippen LogP contribution in [0, 0.1) is 5.82 Å². The lowest BCUT2D eigenvalue weighted by molar-refractivity contribution is -0.133. The number of amides is 1. The smallest absolute Gasteiger partial charge is 0.239 e. The summed E-state index contributed by atoms with van der Waals surface area (Å²) in [5, 5.41) is 3.28. The Morgan fingerprint density at radius 1 is 1.25 bits per heavy atom. The van der Waals surface area contributed by atoms with E-state index in [2.05, 4.69) is 5.32 Å². The molecule has 0 aliphatic carbocycles. The van der Waals surface area contributed by atoms with Crippen LogP contribution in [-0.4, -0.2) is 36.0 Å². The van der Waals surface area contributed by atoms with E-state index in [4.69, 9.17) is 0 Å². The molecule has 20 heavy (non-hydrogen) atoms. The number of rotatable bonds is 3. The highest BCUT2D eigenvalue weighted by molar-refractivity contribution is 5.82. The average molecular weight is 276 g/mol. The number of nitrogens with zero attached hydrogens (tertiary/aromatic N) is 1. The monoisotopic (exact) mass is 276 g/mol. The van der Waals surface area contributed by atoms with Gasteiger partial charge < -0.3 is 10.2 Å². The van der Waals surface area contributed by atoms with E-state index in [0.29, 0.717) is 0 Å². The number of hydrogen-bond donors (Lipinski definition) is 1. The van der Waals surface area contributed by atoms with Gasteiger partial charge in [-0.25, -0.2) is 4.39 Å². The zero-order valence-corrected chi connectivity index (χ0v) is 11.6. The highest BCUT2D eigenvalue weighted by atomic mass is 19.1. The van der Waals surface area contributed by atoms with Gasteiger partial charge in [-0.1, -0.05) is 12.1 Å². The minimum Gasteiger partial charge on any atom is -0.338 e. The molecule has 2 fully saturated rings. The van der Waals surface area contributed by atoms with Crippen LogP contribution < -0.4 is 5.32 Å². The van der Waals surface area contributed by atoms with Crippen molar-refractivity contribution in [2.75, 3.05) is 13.1 Å². The molecule has 3 rings (SSSR count). The van der Waals surface area contributed by atoms with Crippen LogP contribution >= 0.6 is 0 Å². The maximum Gasteiger partial charge on any atom is 0.239 e. The van der Waals surface area contributed by atoms with Gasteiger partial charge in [0.2, 0.25) is 5.91 Å². The lowest BCUT2D eigenvalue weighted by atomic mass is 10.0. The zero-order valence-electron chi connectivity index (χ0n) is 11.6. The molecule has 3 nitrogen and oxygen atoms in total. The number of halogens is 1. The van der Waals surface area contributed by atoms with Crippen molar-refractivity contribution >= 4 is 5.91 Å². The Bertz CT molecular complexity index is 468. The van der Waals surface area contributed by atoms with Crippen LogP contribution in [0.5, 0.6) is 0 Å². The largest absolute Gasteiger partial charge is 0.338 e. The number of carbonyl (C=O) groups is 1. The number of carbonyl (C=O) groups excluding carboxylic acids is 1. The van der Waals surface area contributed by atoms with Crippen molar-refractivity contribution in [1.29, 1.82) is 0 Å². The fourth-order valence-electron chi connectivity index (χ4n) is 3.33. The van der Waals surface area contributed by atoms with Gasteiger partial charge in [-0.15, -0.1) is 0 Å². The zero-order chi connectivity index (χ0) is 13.9. The summed E-state index contributed by atoms with van der Waals surface area (Å²) in [5.74, 6) is 0.0513. The minimum absolute atomic E-state index is 0.0174. The Labute approximate surface area is 119 Å². The van der Waals surface area contributed by atoms with Crippen molar-refractivity contribution in [3.8, 4) is 0 Å². The molecule has 2 aliphatic heterocycles. The predicted octanol–water partition coefficient (Wildman–Crippen LogP) is 2.11. The van der Waals surface area contributed by atoms with E-state index < -0.39 is 0 Å². The molecule has 0 radical (unpaired) electrons. The van der Waals surface area contributed by atoms with Gasteiger partial charge >= 0.3 is 0 Å². The predicted molar refractivity (Wildman–Crippen MR) is 75.9 cm³/mol. The van der Waals surface area contributed by atoms with Gasteiger partial charge in [0, 0.05) is 12.6 Å². The minimum atomic E-state index is -0.205. The van der Waals surface area contributed by atoms with Crippen LogP contribution in [0.1, 0.15) is 31.2 Å². The molecule has 0 saturated carbocycles. The lowest BCUT2D eigenvalue weighted by Gasteiger charge is -2.27. The quantitative estimate of drug-likeness (QED) is 0.917. The Morgan fingerprint density at radius 2 is 2.05 bits per heavy atom. The van der Waals surface area contributed by atoms with Crippen LogP contribution in [0.25, 0.3) is 0 Å². The normalized spacial score (nSPS) is 26.1. The standard InChI is InChI=1S/C16H21FN2O/c17-13-7-5-12(6-8-13)11-14-3-2-10-19(14)16(20)15-4-1-9-18-15/h5-8,14-15,18H,1-4,9-11H2/t14?,15-/m0/s1. The molecule has 2 saturated heterocycles. The average Bonchev–Trinajstić information content (AvgIpc) is 3.12. The van der Waals surface area contributed by atoms with Crippen molar-refractivity contribution in [1.82, 2.24) is 10.2 Å². The highest BCUT2D eigenvalue weighted by Crippen LogP contribution is 2.23. The molecule has 0 spiro atoms. The van der Waals surface area contributed by atoms with E-state index >= 15 is 0 Å². The van der Waals surface area contributed by atoms with Crippen LogP contribution in [0.4, 0.5) is 4.39 Å². The Balaban J connectivity index is 1.65. The molecule has 1 aromatic rings. The fourth-order valence-corrected chi connectivity index (χ4v) is 3.33. The first kappa shape index (κ1) is 13.6. The molecule has 2 atom stereocenters. The van der Waals surface area contributed by atoms with E-state index in [1.165, 1.54) is 12.1 Å². The van der Waals surface area contributed by atoms with Crippen molar-refractivity contribution in [3.05, 3.63) is 35.6 Å². The molecule has 4 heteroatoms. The van der Waals surface area contributed by atoms with Gasteiger partial charge in [0.15, 0.2) is 0 Å². The maximum atomic E-state index is 12.9. The highest BCUT2D eigenvalue weighted by Gasteiger charge is 2.34. The van der Waals surface area contributed by atoms with Crippen molar-refractivity contribution in [2.24, 2.45) is 0 Å². The molecule has 0 bridgehead atoms. The number of benzene rings is 1. The summed E-state index contributed by atoms with van der Waals surface area (Å²) in [6.45, 7) is 1.82. The van der Waals surface area contributed by atoms with E-state index in [9.17, 15) is 9.18 Å². The molecule has 1 amide bonds. The van der Waals surface area contributed by atoms with Crippen molar-refractivity contribution in [3.63, 3.8) is 0 Å². The molecule has 108 valence electrons. The number of nitrogens with one attached hydrogen (secondary N) is 1. The van der Waals surface area contributed by atoms with Crippen LogP contribution in [-0.2, 0) is 11.2 Å². The summed E-state index contributed by atoms with van der Waals surface area (Å²) in [6.07, 6.45) is 5.00. The Hall–Kier alpha value is -1.42. The second-order valence-electron chi connectivity index (χ2n) is 5.81. The summed E-state index contributed by atoms with van der Waals surface area (Å²) in [6, 6.07) is 6.93. The second kappa shape index (κ2) is 5.92. The van der Waals surface area contributed by atoms with Gasteiger partial charge in [0.1, 0.15) is 5.82 Å². The third-order valence-corrected chi connectivity index (χ3v) is 4.40. The van der Waals surface area contributed by atoms with Gasteiger partial charge in [-0.2, -0.15) is 0 Å². The first-order valence-electron chi connectivity index (χ1n) is 7.52. The summed E-state index contributed by atoms with van der Waals surface area (Å²) in [7, 11) is 0. The van der Waals surface area contributed by atoms with Gasteiger partial charge in [0.25, 0.3) is 0 Å². The first-order valence-corrected chi connectivity index (χ1v) is 7.52. The van der Waals surface area contributed by atoms with Crippen LogP contribution in [0.2, 0.25) is 0 Å². The van der Waals surface area contributed by atoms with E-state index in [-0.39, 0.29) is 23.8 Å². The summed E-state index contributed by atoms with van der Waals surface area (Å²) < 4.78 is 12.9. The molecule has 2 aliphatic rings. The molecule has 0 aromatic heterocycles. The first-order chi connectivity index (χ1) is 9.74. The van der Waals surface area contributed by atoms with Gasteiger partial charge in [-0.05, 0) is 56.3 Å². The maximum absolute atomic E-state index is 12.9. The summed E-state index contributed by atoms with van der Waals surface area (Å²) in [4.78, 5) is 14.5. The van der Waals surface area contributed by atoms with Crippen molar-refractivity contribution < 1.29 is 9.18 Å². The SMILES string of the molecule is O=C([C@@H]1CCCN1)N1CCCC1Cc1ccc(F)cc1. The van der Waals surface area contributed by atoms with E-state index in [0.717, 1.165) is 50.8 Å². The summed E-state index contributed by atoms with van der Waals surface area (Å²) >= 11 is 0. The van der Waals surface area contributed by atoms with Crippen LogP contribution in [0.15, 0.2) is 24.3 Å². The number of hydrogen-bond acceptors (Lipinski definition) is 2. The Kier molecular flexibility index (Phi) is 4.01.